The lowest BCUT2D eigenvalue weighted by Gasteiger charge is -2.35. The van der Waals surface area contributed by atoms with Crippen LogP contribution in [0.3, 0.4) is 0 Å². The molecule has 1 aliphatic heterocycles. The van der Waals surface area contributed by atoms with Gasteiger partial charge in [0.15, 0.2) is 0 Å². The van der Waals surface area contributed by atoms with Crippen molar-refractivity contribution in [2.75, 3.05) is 36.6 Å². The summed E-state index contributed by atoms with van der Waals surface area (Å²) in [6.45, 7) is 14.1. The number of aliphatic hydroxyl groups excluding tert-OH is 1. The third kappa shape index (κ3) is 5.97. The lowest BCUT2D eigenvalue weighted by atomic mass is 10.0. The van der Waals surface area contributed by atoms with Crippen LogP contribution in [0.5, 0.6) is 0 Å². The second-order valence-electron chi connectivity index (χ2n) is 10.6. The van der Waals surface area contributed by atoms with Crippen molar-refractivity contribution in [1.82, 2.24) is 24.5 Å². The van der Waals surface area contributed by atoms with Crippen LogP contribution < -0.4 is 10.2 Å². The highest BCUT2D eigenvalue weighted by Crippen LogP contribution is 2.35. The first-order valence-corrected chi connectivity index (χ1v) is 16.2. The van der Waals surface area contributed by atoms with Gasteiger partial charge in [0.25, 0.3) is 0 Å². The summed E-state index contributed by atoms with van der Waals surface area (Å²) in [5.74, 6) is 2.18. The van der Waals surface area contributed by atoms with E-state index >= 15 is 0 Å². The fourth-order valence-electron chi connectivity index (χ4n) is 4.37. The van der Waals surface area contributed by atoms with E-state index in [1.54, 1.807) is 10.9 Å². The van der Waals surface area contributed by atoms with Gasteiger partial charge in [0.2, 0.25) is 0 Å². The number of ether oxygens (including phenoxy) is 2. The van der Waals surface area contributed by atoms with Crippen LogP contribution in [0.4, 0.5) is 17.5 Å². The van der Waals surface area contributed by atoms with Gasteiger partial charge in [-0.25, -0.2) is 9.67 Å². The lowest BCUT2D eigenvalue weighted by Crippen LogP contribution is -2.44. The maximum Gasteiger partial charge on any atom is 0.141 e. The number of anilines is 3. The maximum absolute atomic E-state index is 10.5. The van der Waals surface area contributed by atoms with Gasteiger partial charge < -0.3 is 24.8 Å². The fraction of sp³-hybridized carbons (Fsp3) is 0.560. The zero-order chi connectivity index (χ0) is 25.9. The van der Waals surface area contributed by atoms with Crippen LogP contribution in [0.25, 0.3) is 11.3 Å². The Balaban J connectivity index is 1.70. The van der Waals surface area contributed by atoms with Crippen molar-refractivity contribution >= 4 is 25.5 Å². The average Bonchev–Trinajstić information content (AvgIpc) is 3.41. The van der Waals surface area contributed by atoms with E-state index < -0.39 is 8.07 Å². The summed E-state index contributed by atoms with van der Waals surface area (Å²) in [5.41, 5.74) is 3.60. The molecule has 4 heterocycles. The lowest BCUT2D eigenvalue weighted by molar-refractivity contribution is 0.0801. The van der Waals surface area contributed by atoms with Crippen LogP contribution in [-0.2, 0) is 29.9 Å². The SMILES string of the molecule is Cc1cnn(C)c1-c1cc(N2CCOC[C@H]2C)nc(Nc2ccnn2COCC[Si](C)(C)C)c1CO. The van der Waals surface area contributed by atoms with Crippen molar-refractivity contribution in [3.05, 3.63) is 35.7 Å². The molecular formula is C25H39N7O3Si. The minimum Gasteiger partial charge on any atom is -0.392 e. The molecule has 196 valence electrons. The monoisotopic (exact) mass is 513 g/mol. The Bertz CT molecular complexity index is 1150. The van der Waals surface area contributed by atoms with Crippen molar-refractivity contribution in [3.63, 3.8) is 0 Å². The molecule has 0 saturated carbocycles. The molecule has 3 aromatic rings. The summed E-state index contributed by atoms with van der Waals surface area (Å²) >= 11 is 0. The van der Waals surface area contributed by atoms with Crippen LogP contribution in [0.15, 0.2) is 24.5 Å². The number of hydrogen-bond acceptors (Lipinski definition) is 8. The molecule has 0 spiro atoms. The van der Waals surface area contributed by atoms with Crippen LogP contribution in [0, 0.1) is 6.92 Å². The highest BCUT2D eigenvalue weighted by molar-refractivity contribution is 6.76. The van der Waals surface area contributed by atoms with E-state index in [1.807, 2.05) is 30.9 Å². The first kappa shape index (κ1) is 26.3. The Labute approximate surface area is 214 Å². The van der Waals surface area contributed by atoms with Gasteiger partial charge in [-0.1, -0.05) is 19.6 Å². The first-order chi connectivity index (χ1) is 17.2. The fourth-order valence-corrected chi connectivity index (χ4v) is 5.13. The second-order valence-corrected chi connectivity index (χ2v) is 16.2. The van der Waals surface area contributed by atoms with Gasteiger partial charge in [-0.3, -0.25) is 4.68 Å². The Morgan fingerprint density at radius 3 is 2.75 bits per heavy atom. The number of rotatable bonds is 10. The Morgan fingerprint density at radius 1 is 1.28 bits per heavy atom. The van der Waals surface area contributed by atoms with Gasteiger partial charge in [0, 0.05) is 45.5 Å². The number of morpholine rings is 1. The minimum atomic E-state index is -1.17. The molecule has 1 atom stereocenters. The van der Waals surface area contributed by atoms with Crippen molar-refractivity contribution in [1.29, 1.82) is 0 Å². The maximum atomic E-state index is 10.5. The van der Waals surface area contributed by atoms with Crippen molar-refractivity contribution in [2.24, 2.45) is 7.05 Å². The molecule has 0 radical (unpaired) electrons. The van der Waals surface area contributed by atoms with E-state index in [2.05, 4.69) is 53.0 Å². The smallest absolute Gasteiger partial charge is 0.141 e. The van der Waals surface area contributed by atoms with Gasteiger partial charge in [-0.15, -0.1) is 0 Å². The molecule has 0 amide bonds. The molecule has 11 heteroatoms. The van der Waals surface area contributed by atoms with E-state index in [9.17, 15) is 5.11 Å². The number of hydrogen-bond donors (Lipinski definition) is 2. The van der Waals surface area contributed by atoms with Crippen molar-refractivity contribution in [3.8, 4) is 11.3 Å². The van der Waals surface area contributed by atoms with Crippen LogP contribution in [0.1, 0.15) is 18.1 Å². The number of nitrogens with one attached hydrogen (secondary N) is 1. The molecule has 3 aromatic heterocycles. The van der Waals surface area contributed by atoms with Crippen molar-refractivity contribution < 1.29 is 14.6 Å². The van der Waals surface area contributed by atoms with Crippen molar-refractivity contribution in [2.45, 2.75) is 58.9 Å². The highest BCUT2D eigenvalue weighted by Gasteiger charge is 2.25. The summed E-state index contributed by atoms with van der Waals surface area (Å²) < 4.78 is 15.2. The van der Waals surface area contributed by atoms with E-state index in [0.29, 0.717) is 37.9 Å². The zero-order valence-electron chi connectivity index (χ0n) is 22.3. The van der Waals surface area contributed by atoms with E-state index in [0.717, 1.165) is 41.0 Å². The number of aliphatic hydroxyl groups is 1. The molecule has 1 saturated heterocycles. The summed E-state index contributed by atoms with van der Waals surface area (Å²) in [6.07, 6.45) is 3.58. The standard InChI is InChI=1S/C25H39N7O3Si/c1-18-14-27-30(3)24(18)20-13-23(31-9-10-34-16-19(31)2)29-25(21(20)15-33)28-22-7-8-26-32(22)17-35-11-12-36(4,5)6/h7-8,13-14,19,33H,9-12,15-17H2,1-6H3,(H,28,29)/t19-/m1/s1. The quantitative estimate of drug-likeness (QED) is 0.312. The highest BCUT2D eigenvalue weighted by atomic mass is 28.3. The molecule has 4 rings (SSSR count). The van der Waals surface area contributed by atoms with E-state index in [4.69, 9.17) is 14.5 Å². The van der Waals surface area contributed by atoms with Gasteiger partial charge in [-0.2, -0.15) is 10.2 Å². The molecule has 36 heavy (non-hydrogen) atoms. The molecule has 2 N–H and O–H groups in total. The normalized spacial score (nSPS) is 16.5. The third-order valence-corrected chi connectivity index (χ3v) is 8.18. The Hall–Kier alpha value is -2.73. The first-order valence-electron chi connectivity index (χ1n) is 12.5. The van der Waals surface area contributed by atoms with Gasteiger partial charge in [0.1, 0.15) is 24.2 Å². The Kier molecular flexibility index (Phi) is 8.13. The van der Waals surface area contributed by atoms with E-state index in [-0.39, 0.29) is 12.6 Å². The predicted octanol–water partition coefficient (Wildman–Crippen LogP) is 3.76. The number of aromatic nitrogens is 5. The van der Waals surface area contributed by atoms with Gasteiger partial charge >= 0.3 is 0 Å². The molecular weight excluding hydrogens is 474 g/mol. The second kappa shape index (κ2) is 11.1. The third-order valence-electron chi connectivity index (χ3n) is 6.48. The van der Waals surface area contributed by atoms with Gasteiger partial charge in [0.05, 0.1) is 44.0 Å². The Morgan fingerprint density at radius 2 is 2.08 bits per heavy atom. The molecule has 1 aliphatic rings. The predicted molar refractivity (Wildman–Crippen MR) is 144 cm³/mol. The largest absolute Gasteiger partial charge is 0.392 e. The summed E-state index contributed by atoms with van der Waals surface area (Å²) in [4.78, 5) is 7.24. The molecule has 10 nitrogen and oxygen atoms in total. The topological polar surface area (TPSA) is 102 Å². The minimum absolute atomic E-state index is 0.172. The molecule has 0 bridgehead atoms. The summed E-state index contributed by atoms with van der Waals surface area (Å²) in [6, 6.07) is 5.23. The molecule has 0 aliphatic carbocycles. The molecule has 0 unspecified atom stereocenters. The average molecular weight is 514 g/mol. The summed E-state index contributed by atoms with van der Waals surface area (Å²) in [7, 11) is 0.752. The summed E-state index contributed by atoms with van der Waals surface area (Å²) in [5, 5.41) is 22.8. The van der Waals surface area contributed by atoms with Gasteiger partial charge in [-0.05, 0) is 31.5 Å². The van der Waals surface area contributed by atoms with E-state index in [1.165, 1.54) is 0 Å². The number of nitrogens with zero attached hydrogens (tertiary/aromatic N) is 6. The number of aryl methyl sites for hydroxylation is 2. The number of pyridine rings is 1. The zero-order valence-corrected chi connectivity index (χ0v) is 23.3. The molecule has 1 fully saturated rings. The van der Waals surface area contributed by atoms with Crippen LogP contribution in [0.2, 0.25) is 25.7 Å². The molecule has 0 aromatic carbocycles. The van der Waals surface area contributed by atoms with Crippen LogP contribution in [-0.4, -0.2) is 70.1 Å². The van der Waals surface area contributed by atoms with Crippen LogP contribution >= 0.6 is 0 Å².